The maximum absolute atomic E-state index is 9.12. The van der Waals surface area contributed by atoms with Crippen LogP contribution in [-0.2, 0) is 6.61 Å². The van der Waals surface area contributed by atoms with E-state index in [2.05, 4.69) is 23.6 Å². The number of hydrogen-bond acceptors (Lipinski definition) is 3. The first kappa shape index (κ1) is 13.7. The number of halogens is 1. The van der Waals surface area contributed by atoms with Crippen molar-refractivity contribution in [2.24, 2.45) is 0 Å². The van der Waals surface area contributed by atoms with Gasteiger partial charge in [0.1, 0.15) is 0 Å². The molecule has 18 heavy (non-hydrogen) atoms. The van der Waals surface area contributed by atoms with E-state index in [0.717, 1.165) is 37.4 Å². The second kappa shape index (κ2) is 5.91. The number of nitrogens with zero attached hydrogens (tertiary/aromatic N) is 2. The van der Waals surface area contributed by atoms with Gasteiger partial charge in [0.25, 0.3) is 0 Å². The van der Waals surface area contributed by atoms with Crippen LogP contribution in [0.15, 0.2) is 18.2 Å². The number of rotatable bonds is 3. The summed E-state index contributed by atoms with van der Waals surface area (Å²) in [6, 6.07) is 6.49. The molecule has 1 aromatic carbocycles. The SMILES string of the molecule is CCN1CCN(c2ccc(CO)c(Cl)c2)CC1C. The molecule has 0 aromatic heterocycles. The van der Waals surface area contributed by atoms with E-state index >= 15 is 0 Å². The Hall–Kier alpha value is -0.770. The fraction of sp³-hybridized carbons (Fsp3) is 0.571. The molecule has 1 N–H and O–H groups in total. The Morgan fingerprint density at radius 2 is 2.17 bits per heavy atom. The second-order valence-corrected chi connectivity index (χ2v) is 5.26. The fourth-order valence-electron chi connectivity index (χ4n) is 2.56. The van der Waals surface area contributed by atoms with E-state index in [1.165, 1.54) is 0 Å². The molecule has 0 radical (unpaired) electrons. The van der Waals surface area contributed by atoms with Crippen LogP contribution in [0.4, 0.5) is 5.69 Å². The van der Waals surface area contributed by atoms with Crippen molar-refractivity contribution in [1.82, 2.24) is 4.90 Å². The number of aliphatic hydroxyl groups excluding tert-OH is 1. The van der Waals surface area contributed by atoms with Gasteiger partial charge in [-0.05, 0) is 31.2 Å². The molecule has 1 saturated heterocycles. The molecule has 4 heteroatoms. The minimum atomic E-state index is -0.000864. The van der Waals surface area contributed by atoms with Gasteiger partial charge in [-0.1, -0.05) is 24.6 Å². The van der Waals surface area contributed by atoms with E-state index in [1.807, 2.05) is 18.2 Å². The Balaban J connectivity index is 2.11. The van der Waals surface area contributed by atoms with Crippen LogP contribution in [0.3, 0.4) is 0 Å². The van der Waals surface area contributed by atoms with Crippen LogP contribution in [-0.4, -0.2) is 42.2 Å². The zero-order valence-corrected chi connectivity index (χ0v) is 11.8. The molecular weight excluding hydrogens is 248 g/mol. The van der Waals surface area contributed by atoms with Crippen molar-refractivity contribution in [2.45, 2.75) is 26.5 Å². The fourth-order valence-corrected chi connectivity index (χ4v) is 2.80. The molecule has 1 fully saturated rings. The standard InChI is InChI=1S/C14H21ClN2O/c1-3-16-6-7-17(9-11(16)2)13-5-4-12(10-18)14(15)8-13/h4-5,8,11,18H,3,6-7,9-10H2,1-2H3. The van der Waals surface area contributed by atoms with Crippen LogP contribution in [0.25, 0.3) is 0 Å². The summed E-state index contributed by atoms with van der Waals surface area (Å²) in [5.41, 5.74) is 1.94. The van der Waals surface area contributed by atoms with Gasteiger partial charge in [-0.3, -0.25) is 4.90 Å². The van der Waals surface area contributed by atoms with Crippen LogP contribution in [0.2, 0.25) is 5.02 Å². The molecule has 1 heterocycles. The Bertz CT molecular complexity index is 411. The summed E-state index contributed by atoms with van der Waals surface area (Å²) in [5.74, 6) is 0. The molecule has 2 rings (SSSR count). The van der Waals surface area contributed by atoms with Crippen LogP contribution < -0.4 is 4.90 Å². The monoisotopic (exact) mass is 268 g/mol. The van der Waals surface area contributed by atoms with Crippen molar-refractivity contribution in [3.63, 3.8) is 0 Å². The summed E-state index contributed by atoms with van der Waals surface area (Å²) in [5, 5.41) is 9.78. The maximum Gasteiger partial charge on any atom is 0.0696 e. The van der Waals surface area contributed by atoms with Gasteiger partial charge in [0.15, 0.2) is 0 Å². The molecule has 0 amide bonds. The lowest BCUT2D eigenvalue weighted by atomic mass is 10.1. The first-order chi connectivity index (χ1) is 8.65. The molecule has 1 aromatic rings. The molecule has 0 saturated carbocycles. The smallest absolute Gasteiger partial charge is 0.0696 e. The zero-order valence-electron chi connectivity index (χ0n) is 11.1. The summed E-state index contributed by atoms with van der Waals surface area (Å²) in [6.45, 7) is 8.74. The lowest BCUT2D eigenvalue weighted by Crippen LogP contribution is -2.51. The van der Waals surface area contributed by atoms with E-state index in [0.29, 0.717) is 11.1 Å². The molecule has 100 valence electrons. The molecule has 1 aliphatic heterocycles. The summed E-state index contributed by atoms with van der Waals surface area (Å²) >= 11 is 6.14. The van der Waals surface area contributed by atoms with Crippen LogP contribution in [0.5, 0.6) is 0 Å². The van der Waals surface area contributed by atoms with Crippen LogP contribution >= 0.6 is 11.6 Å². The second-order valence-electron chi connectivity index (χ2n) is 4.86. The highest BCUT2D eigenvalue weighted by Crippen LogP contribution is 2.25. The van der Waals surface area contributed by atoms with E-state index in [9.17, 15) is 0 Å². The van der Waals surface area contributed by atoms with E-state index < -0.39 is 0 Å². The van der Waals surface area contributed by atoms with Gasteiger partial charge < -0.3 is 10.0 Å². The first-order valence-electron chi connectivity index (χ1n) is 6.54. The predicted molar refractivity (Wildman–Crippen MR) is 76.3 cm³/mol. The first-order valence-corrected chi connectivity index (χ1v) is 6.91. The number of likely N-dealkylation sites (N-methyl/N-ethyl adjacent to an activating group) is 1. The van der Waals surface area contributed by atoms with Crippen molar-refractivity contribution in [3.05, 3.63) is 28.8 Å². The van der Waals surface area contributed by atoms with Crippen molar-refractivity contribution in [1.29, 1.82) is 0 Å². The van der Waals surface area contributed by atoms with Crippen LogP contribution in [0.1, 0.15) is 19.4 Å². The van der Waals surface area contributed by atoms with Gasteiger partial charge in [0.05, 0.1) is 6.61 Å². The summed E-state index contributed by atoms with van der Waals surface area (Å²) in [7, 11) is 0. The van der Waals surface area contributed by atoms with Crippen LogP contribution in [0, 0.1) is 0 Å². The molecule has 0 bridgehead atoms. The molecule has 3 nitrogen and oxygen atoms in total. The normalized spacial score (nSPS) is 21.3. The van der Waals surface area contributed by atoms with E-state index in [4.69, 9.17) is 16.7 Å². The number of benzene rings is 1. The average Bonchev–Trinajstić information content (AvgIpc) is 2.38. The zero-order chi connectivity index (χ0) is 13.1. The molecular formula is C14H21ClN2O. The largest absolute Gasteiger partial charge is 0.392 e. The van der Waals surface area contributed by atoms with Gasteiger partial charge in [0.2, 0.25) is 0 Å². The molecule has 0 aliphatic carbocycles. The lowest BCUT2D eigenvalue weighted by molar-refractivity contribution is 0.199. The van der Waals surface area contributed by atoms with E-state index in [1.54, 1.807) is 0 Å². The Morgan fingerprint density at radius 1 is 1.39 bits per heavy atom. The van der Waals surface area contributed by atoms with Gasteiger partial charge in [-0.15, -0.1) is 0 Å². The third kappa shape index (κ3) is 2.79. The Labute approximate surface area is 114 Å². The topological polar surface area (TPSA) is 26.7 Å². The molecule has 1 unspecified atom stereocenters. The third-order valence-corrected chi connectivity index (χ3v) is 4.10. The van der Waals surface area contributed by atoms with Crippen molar-refractivity contribution in [3.8, 4) is 0 Å². The Kier molecular flexibility index (Phi) is 4.49. The highest BCUT2D eigenvalue weighted by atomic mass is 35.5. The highest BCUT2D eigenvalue weighted by Gasteiger charge is 2.22. The predicted octanol–water partition coefficient (Wildman–Crippen LogP) is 2.36. The number of piperazine rings is 1. The number of hydrogen-bond donors (Lipinski definition) is 1. The van der Waals surface area contributed by atoms with Crippen molar-refractivity contribution >= 4 is 17.3 Å². The van der Waals surface area contributed by atoms with E-state index in [-0.39, 0.29) is 6.61 Å². The Morgan fingerprint density at radius 3 is 2.72 bits per heavy atom. The minimum Gasteiger partial charge on any atom is -0.392 e. The average molecular weight is 269 g/mol. The lowest BCUT2D eigenvalue weighted by Gasteiger charge is -2.40. The third-order valence-electron chi connectivity index (χ3n) is 3.74. The summed E-state index contributed by atoms with van der Waals surface area (Å²) < 4.78 is 0. The van der Waals surface area contributed by atoms with Gasteiger partial charge >= 0.3 is 0 Å². The van der Waals surface area contributed by atoms with Gasteiger partial charge in [-0.25, -0.2) is 0 Å². The van der Waals surface area contributed by atoms with Crippen molar-refractivity contribution < 1.29 is 5.11 Å². The number of aliphatic hydroxyl groups is 1. The summed E-state index contributed by atoms with van der Waals surface area (Å²) in [6.07, 6.45) is 0. The summed E-state index contributed by atoms with van der Waals surface area (Å²) in [4.78, 5) is 4.85. The molecule has 1 atom stereocenters. The quantitative estimate of drug-likeness (QED) is 0.912. The van der Waals surface area contributed by atoms with Gasteiger partial charge in [-0.2, -0.15) is 0 Å². The number of anilines is 1. The molecule has 0 spiro atoms. The van der Waals surface area contributed by atoms with Crippen molar-refractivity contribution in [2.75, 3.05) is 31.1 Å². The molecule has 1 aliphatic rings. The van der Waals surface area contributed by atoms with Gasteiger partial charge in [0, 0.05) is 36.4 Å². The highest BCUT2D eigenvalue weighted by molar-refractivity contribution is 6.31. The maximum atomic E-state index is 9.12. The minimum absolute atomic E-state index is 0.000864.